The zero-order valence-corrected chi connectivity index (χ0v) is 13.1. The topological polar surface area (TPSA) is 84.0 Å². The molecule has 1 rings (SSSR count). The fraction of sp³-hybridized carbons (Fsp3) is 0.556. The summed E-state index contributed by atoms with van der Waals surface area (Å²) in [7, 11) is 0. The molecule has 2 N–H and O–H groups in total. The second-order valence-electron chi connectivity index (χ2n) is 3.40. The zero-order chi connectivity index (χ0) is 15.9. The highest BCUT2D eigenvalue weighted by atomic mass is 32.2. The average Bonchev–Trinajstić information content (AvgIpc) is 2.81. The normalized spacial score (nSPS) is 11.2. The van der Waals surface area contributed by atoms with Gasteiger partial charge in [0.25, 0.3) is 0 Å². The van der Waals surface area contributed by atoms with Gasteiger partial charge in [0.1, 0.15) is 6.54 Å². The van der Waals surface area contributed by atoms with E-state index in [1.54, 1.807) is 5.32 Å². The van der Waals surface area contributed by atoms with E-state index in [0.29, 0.717) is 4.34 Å². The Morgan fingerprint density at radius 2 is 1.86 bits per heavy atom. The van der Waals surface area contributed by atoms with Gasteiger partial charge in [0.15, 0.2) is 8.68 Å². The van der Waals surface area contributed by atoms with Gasteiger partial charge >= 0.3 is 12.2 Å². The van der Waals surface area contributed by atoms with Crippen molar-refractivity contribution in [1.82, 2.24) is 20.8 Å². The highest BCUT2D eigenvalue weighted by Gasteiger charge is 2.27. The SMILES string of the molecule is CCSc1nnc(SCC(=O)NC(=O)NCC(F)(F)F)s1. The summed E-state index contributed by atoms with van der Waals surface area (Å²) in [6, 6.07) is -1.18. The number of alkyl halides is 3. The number of hydrogen-bond donors (Lipinski definition) is 2. The molecule has 1 aromatic rings. The van der Waals surface area contributed by atoms with Crippen molar-refractivity contribution in [3.63, 3.8) is 0 Å². The number of carbonyl (C=O) groups is 2. The Morgan fingerprint density at radius 1 is 1.24 bits per heavy atom. The van der Waals surface area contributed by atoms with E-state index in [1.165, 1.54) is 28.4 Å². The summed E-state index contributed by atoms with van der Waals surface area (Å²) < 4.78 is 36.8. The molecule has 0 fully saturated rings. The Balaban J connectivity index is 2.28. The zero-order valence-electron chi connectivity index (χ0n) is 10.7. The van der Waals surface area contributed by atoms with E-state index >= 15 is 0 Å². The molecule has 0 unspecified atom stereocenters. The first-order valence-electron chi connectivity index (χ1n) is 5.53. The Bertz CT molecular complexity index is 495. The summed E-state index contributed by atoms with van der Waals surface area (Å²) >= 11 is 3.87. The fourth-order valence-electron chi connectivity index (χ4n) is 0.952. The van der Waals surface area contributed by atoms with Gasteiger partial charge in [-0.25, -0.2) is 4.79 Å². The van der Waals surface area contributed by atoms with E-state index in [4.69, 9.17) is 0 Å². The molecule has 6 nitrogen and oxygen atoms in total. The van der Waals surface area contributed by atoms with Crippen LogP contribution in [0, 0.1) is 0 Å². The van der Waals surface area contributed by atoms with Crippen LogP contribution in [0.5, 0.6) is 0 Å². The minimum atomic E-state index is -4.52. The van der Waals surface area contributed by atoms with Gasteiger partial charge in [0, 0.05) is 0 Å². The van der Waals surface area contributed by atoms with Crippen molar-refractivity contribution in [2.75, 3.05) is 18.1 Å². The highest BCUT2D eigenvalue weighted by Crippen LogP contribution is 2.28. The average molecular weight is 360 g/mol. The Kier molecular flexibility index (Phi) is 7.25. The van der Waals surface area contributed by atoms with Gasteiger partial charge in [-0.15, -0.1) is 10.2 Å². The number of nitrogens with one attached hydrogen (secondary N) is 2. The monoisotopic (exact) mass is 360 g/mol. The van der Waals surface area contributed by atoms with Crippen LogP contribution in [0.15, 0.2) is 8.68 Å². The molecule has 0 aliphatic carbocycles. The minimum Gasteiger partial charge on any atom is -0.329 e. The number of nitrogens with zero attached hydrogens (tertiary/aromatic N) is 2. The van der Waals surface area contributed by atoms with Gasteiger partial charge in [-0.1, -0.05) is 41.8 Å². The van der Waals surface area contributed by atoms with E-state index in [2.05, 4.69) is 10.2 Å². The Labute approximate surface area is 130 Å². The molecule has 0 aromatic carbocycles. The van der Waals surface area contributed by atoms with Gasteiger partial charge < -0.3 is 5.32 Å². The summed E-state index contributed by atoms with van der Waals surface area (Å²) in [5.74, 6) is 0.00359. The van der Waals surface area contributed by atoms with Crippen molar-refractivity contribution in [2.45, 2.75) is 21.8 Å². The summed E-state index contributed by atoms with van der Waals surface area (Å²) in [6.07, 6.45) is -4.52. The molecule has 21 heavy (non-hydrogen) atoms. The highest BCUT2D eigenvalue weighted by molar-refractivity contribution is 8.03. The van der Waals surface area contributed by atoms with Crippen LogP contribution in [0.1, 0.15) is 6.92 Å². The molecule has 0 radical (unpaired) electrons. The molecule has 0 aliphatic heterocycles. The molecule has 3 amide bonds. The molecule has 1 aromatic heterocycles. The van der Waals surface area contributed by atoms with Crippen LogP contribution < -0.4 is 10.6 Å². The maximum atomic E-state index is 11.8. The third kappa shape index (κ3) is 8.12. The summed E-state index contributed by atoms with van der Waals surface area (Å²) in [6.45, 7) is 0.471. The van der Waals surface area contributed by atoms with Gasteiger partial charge in [-0.3, -0.25) is 10.1 Å². The van der Waals surface area contributed by atoms with Gasteiger partial charge in [0.2, 0.25) is 5.91 Å². The van der Waals surface area contributed by atoms with E-state index < -0.39 is 24.7 Å². The van der Waals surface area contributed by atoms with Crippen LogP contribution in [0.3, 0.4) is 0 Å². The molecule has 118 valence electrons. The third-order valence-electron chi connectivity index (χ3n) is 1.68. The van der Waals surface area contributed by atoms with E-state index in [1.807, 2.05) is 6.92 Å². The molecule has 0 aliphatic rings. The molecule has 0 spiro atoms. The fourth-order valence-corrected chi connectivity index (χ4v) is 3.67. The minimum absolute atomic E-state index is 0.134. The standard InChI is InChI=1S/C9H11F3N4O2S3/c1-2-19-7-15-16-8(21-7)20-3-5(17)14-6(18)13-4-9(10,11)12/h2-4H2,1H3,(H2,13,14,17,18). The Morgan fingerprint density at radius 3 is 2.43 bits per heavy atom. The molecule has 0 saturated carbocycles. The quantitative estimate of drug-likeness (QED) is 0.756. The number of imide groups is 1. The lowest BCUT2D eigenvalue weighted by Crippen LogP contribution is -2.43. The van der Waals surface area contributed by atoms with Crippen LogP contribution in [0.25, 0.3) is 0 Å². The number of halogens is 3. The lowest BCUT2D eigenvalue weighted by Gasteiger charge is -2.08. The predicted octanol–water partition coefficient (Wildman–Crippen LogP) is 2.13. The molecule has 1 heterocycles. The van der Waals surface area contributed by atoms with Crippen LogP contribution in [0.2, 0.25) is 0 Å². The van der Waals surface area contributed by atoms with E-state index in [-0.39, 0.29) is 5.75 Å². The number of urea groups is 1. The molecule has 0 saturated heterocycles. The molecular weight excluding hydrogens is 349 g/mol. The van der Waals surface area contributed by atoms with Gasteiger partial charge in [0.05, 0.1) is 5.75 Å². The second-order valence-corrected chi connectivity index (χ2v) is 7.11. The van der Waals surface area contributed by atoms with Crippen molar-refractivity contribution >= 4 is 46.8 Å². The summed E-state index contributed by atoms with van der Waals surface area (Å²) in [5, 5.41) is 11.0. The lowest BCUT2D eigenvalue weighted by atomic mass is 10.6. The lowest BCUT2D eigenvalue weighted by molar-refractivity contribution is -0.124. The van der Waals surface area contributed by atoms with Gasteiger partial charge in [-0.05, 0) is 5.75 Å². The van der Waals surface area contributed by atoms with Crippen molar-refractivity contribution in [1.29, 1.82) is 0 Å². The first-order chi connectivity index (χ1) is 9.80. The van der Waals surface area contributed by atoms with E-state index in [0.717, 1.165) is 21.9 Å². The Hall–Kier alpha value is -1.01. The first kappa shape index (κ1) is 18.0. The summed E-state index contributed by atoms with van der Waals surface area (Å²) in [4.78, 5) is 22.4. The molecule has 0 bridgehead atoms. The second kappa shape index (κ2) is 8.44. The third-order valence-corrected chi connectivity index (χ3v) is 4.76. The predicted molar refractivity (Wildman–Crippen MR) is 74.6 cm³/mol. The van der Waals surface area contributed by atoms with Crippen LogP contribution in [-0.2, 0) is 4.79 Å². The smallest absolute Gasteiger partial charge is 0.329 e. The number of aromatic nitrogens is 2. The van der Waals surface area contributed by atoms with Crippen molar-refractivity contribution in [3.05, 3.63) is 0 Å². The molecule has 12 heteroatoms. The van der Waals surface area contributed by atoms with Crippen LogP contribution in [-0.4, -0.2) is 46.4 Å². The largest absolute Gasteiger partial charge is 0.405 e. The maximum Gasteiger partial charge on any atom is 0.405 e. The van der Waals surface area contributed by atoms with Crippen molar-refractivity contribution in [2.24, 2.45) is 0 Å². The van der Waals surface area contributed by atoms with Gasteiger partial charge in [-0.2, -0.15) is 13.2 Å². The number of carbonyl (C=O) groups excluding carboxylic acids is 2. The number of rotatable bonds is 6. The first-order valence-corrected chi connectivity index (χ1v) is 8.32. The maximum absolute atomic E-state index is 11.8. The molecular formula is C9H11F3N4O2S3. The van der Waals surface area contributed by atoms with E-state index in [9.17, 15) is 22.8 Å². The summed E-state index contributed by atoms with van der Waals surface area (Å²) in [5.41, 5.74) is 0. The number of thioether (sulfide) groups is 2. The molecule has 0 atom stereocenters. The van der Waals surface area contributed by atoms with Crippen LogP contribution in [0.4, 0.5) is 18.0 Å². The van der Waals surface area contributed by atoms with Crippen molar-refractivity contribution < 1.29 is 22.8 Å². The number of amides is 3. The van der Waals surface area contributed by atoms with Crippen LogP contribution >= 0.6 is 34.9 Å². The number of hydrogen-bond acceptors (Lipinski definition) is 7. The van der Waals surface area contributed by atoms with Crippen molar-refractivity contribution in [3.8, 4) is 0 Å².